The molecular formula is C72H140O17P2. The van der Waals surface area contributed by atoms with Gasteiger partial charge < -0.3 is 33.8 Å². The second kappa shape index (κ2) is 65.4. The van der Waals surface area contributed by atoms with Crippen molar-refractivity contribution < 1.29 is 80.2 Å². The zero-order valence-corrected chi connectivity index (χ0v) is 60.8. The van der Waals surface area contributed by atoms with Crippen LogP contribution in [0.1, 0.15) is 375 Å². The molecule has 0 spiro atoms. The number of carbonyl (C=O) groups is 4. The Morgan fingerprint density at radius 2 is 0.505 bits per heavy atom. The molecule has 0 aliphatic heterocycles. The summed E-state index contributed by atoms with van der Waals surface area (Å²) in [6, 6.07) is 0. The zero-order chi connectivity index (χ0) is 67.0. The smallest absolute Gasteiger partial charge is 0.462 e. The predicted octanol–water partition coefficient (Wildman–Crippen LogP) is 20.9. The molecule has 91 heavy (non-hydrogen) atoms. The maximum atomic E-state index is 13.0. The molecule has 17 nitrogen and oxygen atoms in total. The van der Waals surface area contributed by atoms with Crippen molar-refractivity contribution in [1.82, 2.24) is 0 Å². The van der Waals surface area contributed by atoms with Crippen molar-refractivity contribution in [2.45, 2.75) is 393 Å². The molecule has 0 saturated carbocycles. The van der Waals surface area contributed by atoms with Crippen molar-refractivity contribution >= 4 is 39.5 Å². The van der Waals surface area contributed by atoms with Gasteiger partial charge in [-0.05, 0) is 31.6 Å². The van der Waals surface area contributed by atoms with E-state index in [2.05, 4.69) is 34.6 Å². The highest BCUT2D eigenvalue weighted by Gasteiger charge is 2.30. The SMILES string of the molecule is CCCCCCCCCCCCCCCCC(=O)O[C@H](COC(=O)CCCCCCCCCCCCCCC)COP(=O)(O)OC[C@@H](O)COP(=O)(O)OC[C@@H](COC(=O)CCCCCCCCCCCCCC)OC(=O)CCCCCCCCCCCC(C)C. The first-order valence-corrected chi connectivity index (χ1v) is 40.6. The van der Waals surface area contributed by atoms with Crippen molar-refractivity contribution in [1.29, 1.82) is 0 Å². The van der Waals surface area contributed by atoms with Crippen LogP contribution in [0.15, 0.2) is 0 Å². The predicted molar refractivity (Wildman–Crippen MR) is 368 cm³/mol. The minimum absolute atomic E-state index is 0.106. The van der Waals surface area contributed by atoms with Gasteiger partial charge in [0.25, 0.3) is 0 Å². The Bertz CT molecular complexity index is 1750. The lowest BCUT2D eigenvalue weighted by molar-refractivity contribution is -0.161. The molecule has 0 aromatic carbocycles. The summed E-state index contributed by atoms with van der Waals surface area (Å²) >= 11 is 0. The monoisotopic (exact) mass is 1340 g/mol. The van der Waals surface area contributed by atoms with Gasteiger partial charge in [0.2, 0.25) is 0 Å². The van der Waals surface area contributed by atoms with Crippen LogP contribution in [0.25, 0.3) is 0 Å². The van der Waals surface area contributed by atoms with Crippen LogP contribution in [-0.4, -0.2) is 96.7 Å². The first kappa shape index (κ1) is 89.1. The van der Waals surface area contributed by atoms with Gasteiger partial charge >= 0.3 is 39.5 Å². The normalized spacial score (nSPS) is 14.0. The van der Waals surface area contributed by atoms with Gasteiger partial charge in [-0.25, -0.2) is 9.13 Å². The van der Waals surface area contributed by atoms with E-state index in [1.807, 2.05) is 0 Å². The zero-order valence-electron chi connectivity index (χ0n) is 59.0. The van der Waals surface area contributed by atoms with E-state index in [4.69, 9.17) is 37.0 Å². The van der Waals surface area contributed by atoms with E-state index < -0.39 is 97.5 Å². The molecule has 0 aliphatic carbocycles. The fraction of sp³-hybridized carbons (Fsp3) is 0.944. The lowest BCUT2D eigenvalue weighted by atomic mass is 10.0. The van der Waals surface area contributed by atoms with Gasteiger partial charge in [-0.1, -0.05) is 324 Å². The molecule has 0 saturated heterocycles. The Kier molecular flexibility index (Phi) is 64.0. The summed E-state index contributed by atoms with van der Waals surface area (Å²) in [5, 5.41) is 10.6. The molecule has 0 aromatic heterocycles. The Balaban J connectivity index is 5.26. The molecule has 0 heterocycles. The first-order valence-electron chi connectivity index (χ1n) is 37.6. The highest BCUT2D eigenvalue weighted by molar-refractivity contribution is 7.47. The molecule has 2 unspecified atom stereocenters. The van der Waals surface area contributed by atoms with Gasteiger partial charge in [0.15, 0.2) is 12.2 Å². The molecule has 540 valence electrons. The Labute approximate surface area is 556 Å². The van der Waals surface area contributed by atoms with Crippen LogP contribution in [0.3, 0.4) is 0 Å². The molecule has 3 N–H and O–H groups in total. The minimum atomic E-state index is -4.95. The average molecular weight is 1340 g/mol. The molecule has 5 atom stereocenters. The minimum Gasteiger partial charge on any atom is -0.462 e. The van der Waals surface area contributed by atoms with Gasteiger partial charge in [0.1, 0.15) is 19.3 Å². The summed E-state index contributed by atoms with van der Waals surface area (Å²) in [7, 11) is -9.90. The molecule has 0 aliphatic rings. The van der Waals surface area contributed by atoms with Crippen LogP contribution in [0.4, 0.5) is 0 Å². The quantitative estimate of drug-likeness (QED) is 0.0222. The number of phosphoric ester groups is 2. The fourth-order valence-electron chi connectivity index (χ4n) is 11.0. The highest BCUT2D eigenvalue weighted by atomic mass is 31.2. The van der Waals surface area contributed by atoms with Crippen molar-refractivity contribution in [3.05, 3.63) is 0 Å². The van der Waals surface area contributed by atoms with Crippen LogP contribution in [-0.2, 0) is 65.4 Å². The van der Waals surface area contributed by atoms with Gasteiger partial charge in [0, 0.05) is 25.7 Å². The summed E-state index contributed by atoms with van der Waals surface area (Å²) < 4.78 is 68.4. The van der Waals surface area contributed by atoms with Gasteiger partial charge in [-0.2, -0.15) is 0 Å². The van der Waals surface area contributed by atoms with Crippen LogP contribution >= 0.6 is 15.6 Å². The number of aliphatic hydroxyl groups is 1. The fourth-order valence-corrected chi connectivity index (χ4v) is 12.6. The summed E-state index contributed by atoms with van der Waals surface area (Å²) in [6.45, 7) is 7.25. The maximum absolute atomic E-state index is 13.0. The molecule has 0 aromatic rings. The molecule has 0 amide bonds. The van der Waals surface area contributed by atoms with Crippen molar-refractivity contribution in [3.63, 3.8) is 0 Å². The molecule has 0 rings (SSSR count). The summed E-state index contributed by atoms with van der Waals surface area (Å²) in [6.07, 6.45) is 52.5. The third-order valence-corrected chi connectivity index (χ3v) is 18.7. The standard InChI is InChI=1S/C72H140O17P2/c1-6-9-12-15-18-21-24-27-29-32-37-42-47-52-57-71(76)88-67(61-83-70(75)56-51-46-41-36-31-28-25-22-19-16-13-10-7-2)63-86-90(78,79)84-59-66(73)60-85-91(80,81)87-64-68(89-72(77)58-53-48-43-38-33-34-39-44-49-54-65(4)5)62-82-69(74)55-50-45-40-35-30-26-23-20-17-14-11-8-3/h65-68,73H,6-64H2,1-5H3,(H,78,79)(H,80,81)/t66-,67-,68-/m1/s1. The number of carbonyl (C=O) groups excluding carboxylic acids is 4. The van der Waals surface area contributed by atoms with Gasteiger partial charge in [0.05, 0.1) is 26.4 Å². The number of ether oxygens (including phenoxy) is 4. The summed E-state index contributed by atoms with van der Waals surface area (Å²) in [4.78, 5) is 72.7. The van der Waals surface area contributed by atoms with Crippen molar-refractivity contribution in [3.8, 4) is 0 Å². The van der Waals surface area contributed by atoms with Crippen molar-refractivity contribution in [2.75, 3.05) is 39.6 Å². The van der Waals surface area contributed by atoms with E-state index in [0.717, 1.165) is 95.8 Å². The summed E-state index contributed by atoms with van der Waals surface area (Å²) in [5.74, 6) is -1.38. The second-order valence-electron chi connectivity index (χ2n) is 26.5. The molecule has 0 bridgehead atoms. The second-order valence-corrected chi connectivity index (χ2v) is 29.4. The van der Waals surface area contributed by atoms with E-state index >= 15 is 0 Å². The third kappa shape index (κ3) is 66.5. The molecular weight excluding hydrogens is 1200 g/mol. The molecule has 0 radical (unpaired) electrons. The largest absolute Gasteiger partial charge is 0.472 e. The Morgan fingerprint density at radius 1 is 0.297 bits per heavy atom. The molecule has 19 heteroatoms. The Hall–Kier alpha value is -1.94. The number of esters is 4. The van der Waals surface area contributed by atoms with Crippen LogP contribution in [0.5, 0.6) is 0 Å². The number of rotatable bonds is 72. The molecule has 0 fully saturated rings. The number of phosphoric acid groups is 2. The lowest BCUT2D eigenvalue weighted by Crippen LogP contribution is -2.30. The van der Waals surface area contributed by atoms with E-state index in [9.17, 15) is 43.2 Å². The van der Waals surface area contributed by atoms with E-state index in [1.54, 1.807) is 0 Å². The summed E-state index contributed by atoms with van der Waals surface area (Å²) in [5.41, 5.74) is 0. The lowest BCUT2D eigenvalue weighted by Gasteiger charge is -2.21. The van der Waals surface area contributed by atoms with Crippen LogP contribution in [0, 0.1) is 5.92 Å². The van der Waals surface area contributed by atoms with E-state index in [-0.39, 0.29) is 25.7 Å². The van der Waals surface area contributed by atoms with E-state index in [0.29, 0.717) is 25.7 Å². The Morgan fingerprint density at radius 3 is 0.747 bits per heavy atom. The number of aliphatic hydroxyl groups excluding tert-OH is 1. The van der Waals surface area contributed by atoms with Gasteiger partial charge in [-0.3, -0.25) is 37.3 Å². The maximum Gasteiger partial charge on any atom is 0.472 e. The van der Waals surface area contributed by atoms with Crippen LogP contribution < -0.4 is 0 Å². The van der Waals surface area contributed by atoms with E-state index in [1.165, 1.54) is 199 Å². The topological polar surface area (TPSA) is 237 Å². The number of hydrogen-bond acceptors (Lipinski definition) is 15. The first-order chi connectivity index (χ1) is 44.0. The number of unbranched alkanes of at least 4 members (excludes halogenated alkanes) is 44. The van der Waals surface area contributed by atoms with Crippen LogP contribution in [0.2, 0.25) is 0 Å². The third-order valence-electron chi connectivity index (χ3n) is 16.8. The van der Waals surface area contributed by atoms with Crippen molar-refractivity contribution in [2.24, 2.45) is 5.92 Å². The average Bonchev–Trinajstić information content (AvgIpc) is 3.42. The van der Waals surface area contributed by atoms with Gasteiger partial charge in [-0.15, -0.1) is 0 Å². The highest BCUT2D eigenvalue weighted by Crippen LogP contribution is 2.45. The number of hydrogen-bond donors (Lipinski definition) is 3.